The van der Waals surface area contributed by atoms with Crippen molar-refractivity contribution >= 4 is 34.7 Å². The van der Waals surface area contributed by atoms with E-state index in [1.807, 2.05) is 24.8 Å². The van der Waals surface area contributed by atoms with E-state index >= 15 is 4.39 Å². The molecule has 208 valence electrons. The number of nitrogens with zero attached hydrogens (tertiary/aromatic N) is 3. The Balaban J connectivity index is 1.56. The molecule has 10 heteroatoms. The molecule has 0 spiro atoms. The van der Waals surface area contributed by atoms with Crippen LogP contribution in [0.15, 0.2) is 36.9 Å². The van der Waals surface area contributed by atoms with E-state index in [9.17, 15) is 10.2 Å². The highest BCUT2D eigenvalue weighted by Crippen LogP contribution is 2.49. The highest BCUT2D eigenvalue weighted by atomic mass is 35.5. The van der Waals surface area contributed by atoms with Crippen molar-refractivity contribution in [2.45, 2.75) is 32.4 Å². The fraction of sp³-hybridized carbons (Fsp3) is 0.448. The van der Waals surface area contributed by atoms with E-state index in [2.05, 4.69) is 22.1 Å². The standard InChI is InChI=1S/C29H36ClFN6O2/c1-4-24(38)36-12-13-37(18(3)15-36)29(32)20-14-21(30)25(26-22(31)8-6-9-23(26)33-5-2)28-27(20)34-19(17-39-28)16-35-10-7-11-35/h4,6,8-9,14,18-19,32-34H,1,5,7,10-13,15-17H2,2-3H3/t18-,19?/m0/s1. The van der Waals surface area contributed by atoms with Gasteiger partial charge in [-0.05, 0) is 57.6 Å². The second-order valence-corrected chi connectivity index (χ2v) is 10.8. The van der Waals surface area contributed by atoms with Gasteiger partial charge in [-0.3, -0.25) is 10.2 Å². The van der Waals surface area contributed by atoms with Crippen molar-refractivity contribution in [3.8, 4) is 16.9 Å². The van der Waals surface area contributed by atoms with Gasteiger partial charge < -0.3 is 30.1 Å². The van der Waals surface area contributed by atoms with Crippen molar-refractivity contribution in [3.05, 3.63) is 53.3 Å². The SMILES string of the molecule is C=CC(=O)N1CCN(C(=N)c2cc(Cl)c(-c3c(F)cccc3NCC)c3c2NC(CN2CCC2)CO3)[C@@H](C)C1. The summed E-state index contributed by atoms with van der Waals surface area (Å²) in [6, 6.07) is 6.60. The summed E-state index contributed by atoms with van der Waals surface area (Å²) in [5.74, 6) is 0.241. The Morgan fingerprint density at radius 2 is 2.10 bits per heavy atom. The minimum absolute atomic E-state index is 0.0201. The minimum atomic E-state index is -0.400. The number of anilines is 2. The predicted molar refractivity (Wildman–Crippen MR) is 155 cm³/mol. The third kappa shape index (κ3) is 5.30. The van der Waals surface area contributed by atoms with E-state index in [1.165, 1.54) is 18.6 Å². The van der Waals surface area contributed by atoms with Gasteiger partial charge in [-0.2, -0.15) is 0 Å². The summed E-state index contributed by atoms with van der Waals surface area (Å²) in [5.41, 5.74) is 2.71. The van der Waals surface area contributed by atoms with Crippen molar-refractivity contribution in [1.82, 2.24) is 14.7 Å². The van der Waals surface area contributed by atoms with E-state index < -0.39 is 5.82 Å². The Morgan fingerprint density at radius 3 is 2.77 bits per heavy atom. The molecule has 2 fully saturated rings. The molecule has 5 rings (SSSR count). The number of hydrogen-bond donors (Lipinski definition) is 3. The number of amidine groups is 1. The average molecular weight is 555 g/mol. The molecule has 0 aliphatic carbocycles. The van der Waals surface area contributed by atoms with Crippen LogP contribution in [0.3, 0.4) is 0 Å². The third-order valence-corrected chi connectivity index (χ3v) is 8.02. The van der Waals surface area contributed by atoms with Gasteiger partial charge in [-0.25, -0.2) is 4.39 Å². The molecular weight excluding hydrogens is 519 g/mol. The zero-order chi connectivity index (χ0) is 27.7. The van der Waals surface area contributed by atoms with Gasteiger partial charge in [-0.15, -0.1) is 0 Å². The fourth-order valence-corrected chi connectivity index (χ4v) is 5.92. The van der Waals surface area contributed by atoms with Crippen molar-refractivity contribution in [2.75, 3.05) is 63.1 Å². The normalized spacial score (nSPS) is 20.8. The Morgan fingerprint density at radius 1 is 1.31 bits per heavy atom. The lowest BCUT2D eigenvalue weighted by Gasteiger charge is -2.42. The van der Waals surface area contributed by atoms with Crippen LogP contribution in [0.2, 0.25) is 5.02 Å². The average Bonchev–Trinajstić information content (AvgIpc) is 2.90. The van der Waals surface area contributed by atoms with Crippen molar-refractivity contribution < 1.29 is 13.9 Å². The van der Waals surface area contributed by atoms with Crippen molar-refractivity contribution in [2.24, 2.45) is 0 Å². The molecule has 2 aromatic carbocycles. The Kier molecular flexibility index (Phi) is 8.00. The summed E-state index contributed by atoms with van der Waals surface area (Å²) in [6.07, 6.45) is 2.52. The van der Waals surface area contributed by atoms with Gasteiger partial charge in [-0.1, -0.05) is 24.2 Å². The summed E-state index contributed by atoms with van der Waals surface area (Å²) in [6.45, 7) is 13.0. The number of halogens is 2. The highest BCUT2D eigenvalue weighted by Gasteiger charge is 2.35. The first-order valence-electron chi connectivity index (χ1n) is 13.6. The maximum atomic E-state index is 15.4. The van der Waals surface area contributed by atoms with E-state index in [-0.39, 0.29) is 18.0 Å². The topological polar surface area (TPSA) is 83.9 Å². The summed E-state index contributed by atoms with van der Waals surface area (Å²) in [7, 11) is 0. The van der Waals surface area contributed by atoms with E-state index in [4.69, 9.17) is 16.3 Å². The lowest BCUT2D eigenvalue weighted by atomic mass is 9.95. The van der Waals surface area contributed by atoms with Crippen LogP contribution in [0.25, 0.3) is 11.1 Å². The number of rotatable bonds is 7. The van der Waals surface area contributed by atoms with Crippen LogP contribution < -0.4 is 15.4 Å². The van der Waals surface area contributed by atoms with Crippen LogP contribution in [-0.2, 0) is 4.79 Å². The molecule has 3 N–H and O–H groups in total. The molecule has 3 aliphatic rings. The fourth-order valence-electron chi connectivity index (χ4n) is 5.63. The van der Waals surface area contributed by atoms with Gasteiger partial charge in [0.05, 0.1) is 16.8 Å². The van der Waals surface area contributed by atoms with Crippen LogP contribution in [0.5, 0.6) is 5.75 Å². The summed E-state index contributed by atoms with van der Waals surface area (Å²) in [5, 5.41) is 16.4. The van der Waals surface area contributed by atoms with Gasteiger partial charge in [0.2, 0.25) is 5.91 Å². The largest absolute Gasteiger partial charge is 0.488 e. The molecule has 0 saturated carbocycles. The molecule has 0 aromatic heterocycles. The van der Waals surface area contributed by atoms with E-state index in [0.29, 0.717) is 77.5 Å². The molecule has 1 unspecified atom stereocenters. The molecule has 1 amide bonds. The van der Waals surface area contributed by atoms with Crippen LogP contribution in [0, 0.1) is 11.2 Å². The molecule has 39 heavy (non-hydrogen) atoms. The number of nitrogens with one attached hydrogen (secondary N) is 3. The number of ether oxygens (including phenoxy) is 1. The Labute approximate surface area is 234 Å². The predicted octanol–water partition coefficient (Wildman–Crippen LogP) is 4.50. The number of hydrogen-bond acceptors (Lipinski definition) is 6. The quantitative estimate of drug-likeness (QED) is 0.265. The number of fused-ring (bicyclic) bond motifs is 1. The second kappa shape index (κ2) is 11.4. The zero-order valence-electron chi connectivity index (χ0n) is 22.5. The number of likely N-dealkylation sites (tertiary alicyclic amines) is 1. The maximum absolute atomic E-state index is 15.4. The first-order valence-corrected chi connectivity index (χ1v) is 14.0. The number of amides is 1. The molecule has 3 heterocycles. The van der Waals surface area contributed by atoms with Gasteiger partial charge in [0.15, 0.2) is 5.75 Å². The van der Waals surface area contributed by atoms with Gasteiger partial charge in [0.1, 0.15) is 18.3 Å². The highest BCUT2D eigenvalue weighted by molar-refractivity contribution is 6.35. The third-order valence-electron chi connectivity index (χ3n) is 7.72. The number of carbonyl (C=O) groups is 1. The number of piperazine rings is 1. The number of benzene rings is 2. The first-order chi connectivity index (χ1) is 18.8. The molecular formula is C29H36ClFN6O2. The van der Waals surface area contributed by atoms with Crippen LogP contribution in [-0.4, -0.2) is 90.9 Å². The zero-order valence-corrected chi connectivity index (χ0v) is 23.3. The molecule has 0 radical (unpaired) electrons. The molecule has 0 bridgehead atoms. The molecule has 8 nitrogen and oxygen atoms in total. The van der Waals surface area contributed by atoms with Crippen molar-refractivity contribution in [3.63, 3.8) is 0 Å². The molecule has 2 saturated heterocycles. The molecule has 2 aromatic rings. The van der Waals surface area contributed by atoms with E-state index in [0.717, 1.165) is 19.6 Å². The monoisotopic (exact) mass is 554 g/mol. The minimum Gasteiger partial charge on any atom is -0.488 e. The van der Waals surface area contributed by atoms with Gasteiger partial charge in [0.25, 0.3) is 0 Å². The molecule has 3 aliphatic heterocycles. The van der Waals surface area contributed by atoms with Crippen molar-refractivity contribution in [1.29, 1.82) is 5.41 Å². The van der Waals surface area contributed by atoms with Crippen LogP contribution in [0.1, 0.15) is 25.8 Å². The smallest absolute Gasteiger partial charge is 0.246 e. The summed E-state index contributed by atoms with van der Waals surface area (Å²) < 4.78 is 21.8. The van der Waals surface area contributed by atoms with Crippen LogP contribution >= 0.6 is 11.6 Å². The molecule has 2 atom stereocenters. The second-order valence-electron chi connectivity index (χ2n) is 10.4. The Hall–Kier alpha value is -3.30. The lowest BCUT2D eigenvalue weighted by Crippen LogP contribution is -2.55. The van der Waals surface area contributed by atoms with Gasteiger partial charge >= 0.3 is 0 Å². The summed E-state index contributed by atoms with van der Waals surface area (Å²) in [4.78, 5) is 18.3. The summed E-state index contributed by atoms with van der Waals surface area (Å²) >= 11 is 6.91. The first kappa shape index (κ1) is 27.3. The maximum Gasteiger partial charge on any atom is 0.246 e. The van der Waals surface area contributed by atoms with Gasteiger partial charge in [0, 0.05) is 61.1 Å². The van der Waals surface area contributed by atoms with Crippen LogP contribution in [0.4, 0.5) is 15.8 Å². The van der Waals surface area contributed by atoms with E-state index in [1.54, 1.807) is 17.0 Å². The lowest BCUT2D eigenvalue weighted by molar-refractivity contribution is -0.128. The Bertz CT molecular complexity index is 1280. The number of carbonyl (C=O) groups excluding carboxylic acids is 1.